The molecule has 152 valence electrons. The predicted octanol–water partition coefficient (Wildman–Crippen LogP) is 4.90. The molecule has 0 aliphatic carbocycles. The van der Waals surface area contributed by atoms with Gasteiger partial charge in [0.1, 0.15) is 11.9 Å². The summed E-state index contributed by atoms with van der Waals surface area (Å²) in [6.07, 6.45) is 4.43. The average molecular weight is 393 g/mol. The number of hydrogen-bond acceptors (Lipinski definition) is 4. The van der Waals surface area contributed by atoms with Crippen LogP contribution in [0.25, 0.3) is 11.0 Å². The van der Waals surface area contributed by atoms with Crippen LogP contribution in [0.5, 0.6) is 0 Å². The molecule has 2 heterocycles. The van der Waals surface area contributed by atoms with Gasteiger partial charge in [-0.25, -0.2) is 4.98 Å². The van der Waals surface area contributed by atoms with Gasteiger partial charge in [-0.15, -0.1) is 0 Å². The first-order valence-corrected chi connectivity index (χ1v) is 10.4. The number of nitrogens with one attached hydrogen (secondary N) is 2. The van der Waals surface area contributed by atoms with Gasteiger partial charge in [0.15, 0.2) is 0 Å². The third-order valence-corrected chi connectivity index (χ3v) is 5.41. The van der Waals surface area contributed by atoms with Crippen molar-refractivity contribution < 1.29 is 9.53 Å². The summed E-state index contributed by atoms with van der Waals surface area (Å²) in [6.45, 7) is 3.99. The van der Waals surface area contributed by atoms with E-state index in [1.807, 2.05) is 42.5 Å². The van der Waals surface area contributed by atoms with E-state index in [9.17, 15) is 4.79 Å². The second-order valence-electron chi connectivity index (χ2n) is 7.63. The number of ether oxygens (including phenoxy) is 1. The topological polar surface area (TPSA) is 70.2 Å². The van der Waals surface area contributed by atoms with Gasteiger partial charge in [-0.3, -0.25) is 4.79 Å². The van der Waals surface area contributed by atoms with E-state index in [2.05, 4.69) is 34.2 Å². The summed E-state index contributed by atoms with van der Waals surface area (Å²) >= 11 is 0. The molecule has 0 radical (unpaired) electrons. The first-order chi connectivity index (χ1) is 14.1. The fourth-order valence-corrected chi connectivity index (χ4v) is 3.65. The first-order valence-electron chi connectivity index (χ1n) is 10.4. The summed E-state index contributed by atoms with van der Waals surface area (Å²) in [7, 11) is 2.08. The average Bonchev–Trinajstić information content (AvgIpc) is 3.41. The summed E-state index contributed by atoms with van der Waals surface area (Å²) in [5.41, 5.74) is 4.29. The van der Waals surface area contributed by atoms with E-state index in [0.29, 0.717) is 5.56 Å². The van der Waals surface area contributed by atoms with E-state index in [0.717, 1.165) is 60.6 Å². The summed E-state index contributed by atoms with van der Waals surface area (Å²) in [6, 6.07) is 13.5. The number of aromatic nitrogens is 2. The molecule has 4 rings (SSSR count). The van der Waals surface area contributed by atoms with Crippen molar-refractivity contribution in [2.24, 2.45) is 0 Å². The molecule has 1 saturated heterocycles. The van der Waals surface area contributed by atoms with Crippen LogP contribution in [0.1, 0.15) is 54.9 Å². The van der Waals surface area contributed by atoms with Gasteiger partial charge in [-0.05, 0) is 61.7 Å². The molecule has 0 spiro atoms. The number of nitrogens with zero attached hydrogens (tertiary/aromatic N) is 2. The van der Waals surface area contributed by atoms with Crippen molar-refractivity contribution in [3.8, 4) is 0 Å². The lowest BCUT2D eigenvalue weighted by atomic mass is 10.1. The van der Waals surface area contributed by atoms with E-state index >= 15 is 0 Å². The highest BCUT2D eigenvalue weighted by atomic mass is 16.5. The zero-order valence-electron chi connectivity index (χ0n) is 17.1. The number of hydrogen-bond donors (Lipinski definition) is 2. The van der Waals surface area contributed by atoms with Gasteiger partial charge in [0.25, 0.3) is 5.91 Å². The van der Waals surface area contributed by atoms with Crippen molar-refractivity contribution >= 4 is 28.3 Å². The third-order valence-electron chi connectivity index (χ3n) is 5.41. The molecule has 1 amide bonds. The normalized spacial score (nSPS) is 16.3. The van der Waals surface area contributed by atoms with Crippen LogP contribution < -0.4 is 10.2 Å². The molecular formula is C23H28N4O2. The molecule has 6 heteroatoms. The SMILES string of the molecule is CCCCN(C)c1ccc(C(=O)Nc2ccc3nc(C4CCCO4)[nH]c3c2)cc1. The fraction of sp³-hybridized carbons (Fsp3) is 0.391. The zero-order chi connectivity index (χ0) is 20.2. The highest BCUT2D eigenvalue weighted by Crippen LogP contribution is 2.28. The number of benzene rings is 2. The molecule has 1 fully saturated rings. The lowest BCUT2D eigenvalue weighted by Gasteiger charge is -2.19. The molecule has 29 heavy (non-hydrogen) atoms. The molecule has 1 aliphatic rings. The Kier molecular flexibility index (Phi) is 5.81. The molecule has 1 aromatic heterocycles. The minimum absolute atomic E-state index is 0.0504. The molecule has 1 atom stereocenters. The number of rotatable bonds is 7. The quantitative estimate of drug-likeness (QED) is 0.600. The Hall–Kier alpha value is -2.86. The number of H-pyrrole nitrogens is 1. The summed E-state index contributed by atoms with van der Waals surface area (Å²) < 4.78 is 5.70. The number of carbonyl (C=O) groups excluding carboxylic acids is 1. The zero-order valence-corrected chi connectivity index (χ0v) is 17.1. The van der Waals surface area contributed by atoms with Gasteiger partial charge < -0.3 is 19.9 Å². The molecule has 2 N–H and O–H groups in total. The van der Waals surface area contributed by atoms with Gasteiger partial charge in [0, 0.05) is 37.1 Å². The number of carbonyl (C=O) groups is 1. The number of amides is 1. The lowest BCUT2D eigenvalue weighted by Crippen LogP contribution is -2.18. The van der Waals surface area contributed by atoms with E-state index in [4.69, 9.17) is 4.74 Å². The van der Waals surface area contributed by atoms with Crippen molar-refractivity contribution in [3.05, 3.63) is 53.9 Å². The number of unbranched alkanes of at least 4 members (excludes halogenated alkanes) is 1. The lowest BCUT2D eigenvalue weighted by molar-refractivity contribution is 0.102. The molecule has 6 nitrogen and oxygen atoms in total. The molecule has 0 saturated carbocycles. The van der Waals surface area contributed by atoms with Crippen LogP contribution in [0.3, 0.4) is 0 Å². The van der Waals surface area contributed by atoms with Crippen LogP contribution in [-0.2, 0) is 4.74 Å². The minimum atomic E-state index is -0.119. The Morgan fingerprint density at radius 1 is 1.28 bits per heavy atom. The maximum absolute atomic E-state index is 12.6. The van der Waals surface area contributed by atoms with Crippen LogP contribution in [0.15, 0.2) is 42.5 Å². The fourth-order valence-electron chi connectivity index (χ4n) is 3.65. The second kappa shape index (κ2) is 8.66. The smallest absolute Gasteiger partial charge is 0.255 e. The Labute approximate surface area is 171 Å². The molecule has 0 bridgehead atoms. The second-order valence-corrected chi connectivity index (χ2v) is 7.63. The molecular weight excluding hydrogens is 364 g/mol. The summed E-state index contributed by atoms with van der Waals surface area (Å²) in [5.74, 6) is 0.745. The Balaban J connectivity index is 1.44. The maximum Gasteiger partial charge on any atom is 0.255 e. The monoisotopic (exact) mass is 392 g/mol. The van der Waals surface area contributed by atoms with Gasteiger partial charge in [-0.1, -0.05) is 13.3 Å². The Morgan fingerprint density at radius 3 is 2.83 bits per heavy atom. The van der Waals surface area contributed by atoms with Crippen molar-refractivity contribution in [2.45, 2.75) is 38.7 Å². The van der Waals surface area contributed by atoms with Crippen LogP contribution >= 0.6 is 0 Å². The highest BCUT2D eigenvalue weighted by Gasteiger charge is 2.21. The Morgan fingerprint density at radius 2 is 2.10 bits per heavy atom. The van der Waals surface area contributed by atoms with Gasteiger partial charge >= 0.3 is 0 Å². The van der Waals surface area contributed by atoms with Crippen molar-refractivity contribution in [2.75, 3.05) is 30.4 Å². The van der Waals surface area contributed by atoms with Gasteiger partial charge in [-0.2, -0.15) is 0 Å². The standard InChI is InChI=1S/C23H28N4O2/c1-3-4-13-27(2)18-10-7-16(8-11-18)23(28)24-17-9-12-19-20(15-17)26-22(25-19)21-6-5-14-29-21/h7-12,15,21H,3-6,13-14H2,1-2H3,(H,24,28)(H,25,26). The van der Waals surface area contributed by atoms with Crippen molar-refractivity contribution in [3.63, 3.8) is 0 Å². The van der Waals surface area contributed by atoms with Gasteiger partial charge in [0.2, 0.25) is 0 Å². The van der Waals surface area contributed by atoms with Crippen molar-refractivity contribution in [1.29, 1.82) is 0 Å². The maximum atomic E-state index is 12.6. The highest BCUT2D eigenvalue weighted by molar-refractivity contribution is 6.05. The van der Waals surface area contributed by atoms with E-state index in [1.54, 1.807) is 0 Å². The van der Waals surface area contributed by atoms with Crippen LogP contribution in [0.2, 0.25) is 0 Å². The molecule has 1 unspecified atom stereocenters. The van der Waals surface area contributed by atoms with Crippen LogP contribution in [0, 0.1) is 0 Å². The van der Waals surface area contributed by atoms with E-state index < -0.39 is 0 Å². The van der Waals surface area contributed by atoms with Crippen LogP contribution in [-0.4, -0.2) is 36.1 Å². The predicted molar refractivity (Wildman–Crippen MR) is 117 cm³/mol. The molecule has 1 aliphatic heterocycles. The number of imidazole rings is 1. The minimum Gasteiger partial charge on any atom is -0.375 e. The summed E-state index contributed by atoms with van der Waals surface area (Å²) in [4.78, 5) is 22.8. The summed E-state index contributed by atoms with van der Waals surface area (Å²) in [5, 5.41) is 2.98. The molecule has 2 aromatic carbocycles. The van der Waals surface area contributed by atoms with Gasteiger partial charge in [0.05, 0.1) is 11.0 Å². The number of fused-ring (bicyclic) bond motifs is 1. The number of aromatic amines is 1. The molecule has 3 aromatic rings. The van der Waals surface area contributed by atoms with E-state index in [1.165, 1.54) is 6.42 Å². The van der Waals surface area contributed by atoms with Crippen LogP contribution in [0.4, 0.5) is 11.4 Å². The largest absolute Gasteiger partial charge is 0.375 e. The van der Waals surface area contributed by atoms with Crippen molar-refractivity contribution in [1.82, 2.24) is 9.97 Å². The van der Waals surface area contributed by atoms with E-state index in [-0.39, 0.29) is 12.0 Å². The first kappa shape index (κ1) is 19.5. The Bertz CT molecular complexity index is 974. The third kappa shape index (κ3) is 4.43. The number of anilines is 2.